The molecule has 0 unspecified atom stereocenters. The predicted octanol–water partition coefficient (Wildman–Crippen LogP) is 2.29. The summed E-state index contributed by atoms with van der Waals surface area (Å²) < 4.78 is 3.83. The molecule has 0 aliphatic carbocycles. The Labute approximate surface area is 121 Å². The van der Waals surface area contributed by atoms with Gasteiger partial charge in [0.05, 0.1) is 17.4 Å². The first-order valence-corrected chi connectivity index (χ1v) is 6.75. The summed E-state index contributed by atoms with van der Waals surface area (Å²) >= 11 is 0. The topological polar surface area (TPSA) is 60.9 Å². The molecular formula is C15H14N6. The normalized spacial score (nSPS) is 11.6. The van der Waals surface area contributed by atoms with Crippen LogP contribution in [0.4, 0.5) is 0 Å². The van der Waals surface area contributed by atoms with E-state index in [0.717, 1.165) is 39.6 Å². The lowest BCUT2D eigenvalue weighted by molar-refractivity contribution is 0.856. The Hall–Kier alpha value is -2.76. The molecule has 104 valence electrons. The van der Waals surface area contributed by atoms with Crippen molar-refractivity contribution in [2.45, 2.75) is 13.8 Å². The molecule has 0 aliphatic rings. The fourth-order valence-corrected chi connectivity index (χ4v) is 2.53. The number of pyridine rings is 1. The monoisotopic (exact) mass is 278 g/mol. The van der Waals surface area contributed by atoms with Crippen LogP contribution in [0.1, 0.15) is 11.6 Å². The van der Waals surface area contributed by atoms with Crippen LogP contribution >= 0.6 is 0 Å². The number of hydrogen-bond donors (Lipinski definition) is 0. The van der Waals surface area contributed by atoms with Crippen molar-refractivity contribution in [2.75, 3.05) is 0 Å². The molecule has 0 aromatic carbocycles. The maximum atomic E-state index is 4.74. The van der Waals surface area contributed by atoms with Crippen molar-refractivity contribution in [1.82, 2.24) is 29.1 Å². The van der Waals surface area contributed by atoms with Gasteiger partial charge < -0.3 is 4.57 Å². The maximum Gasteiger partial charge on any atom is 0.160 e. The molecule has 6 nitrogen and oxygen atoms in total. The van der Waals surface area contributed by atoms with Gasteiger partial charge in [-0.15, -0.1) is 0 Å². The molecule has 4 aromatic rings. The van der Waals surface area contributed by atoms with Crippen LogP contribution in [0.15, 0.2) is 30.6 Å². The average Bonchev–Trinajstić information content (AvgIpc) is 3.00. The first-order chi connectivity index (χ1) is 10.1. The Kier molecular flexibility index (Phi) is 2.35. The zero-order chi connectivity index (χ0) is 14.6. The van der Waals surface area contributed by atoms with Crippen LogP contribution in [0.5, 0.6) is 0 Å². The summed E-state index contributed by atoms with van der Waals surface area (Å²) in [6.45, 7) is 3.85. The zero-order valence-corrected chi connectivity index (χ0v) is 12.1. The second-order valence-electron chi connectivity index (χ2n) is 5.12. The van der Waals surface area contributed by atoms with Crippen LogP contribution in [-0.4, -0.2) is 29.1 Å². The van der Waals surface area contributed by atoms with Gasteiger partial charge in [-0.25, -0.2) is 19.5 Å². The molecule has 4 heterocycles. The van der Waals surface area contributed by atoms with E-state index in [4.69, 9.17) is 4.98 Å². The van der Waals surface area contributed by atoms with E-state index in [1.165, 1.54) is 0 Å². The third-order valence-electron chi connectivity index (χ3n) is 3.75. The van der Waals surface area contributed by atoms with Gasteiger partial charge in [0.15, 0.2) is 5.65 Å². The van der Waals surface area contributed by atoms with Gasteiger partial charge in [-0.3, -0.25) is 0 Å². The molecule has 0 N–H and O–H groups in total. The van der Waals surface area contributed by atoms with E-state index in [1.54, 1.807) is 0 Å². The molecule has 0 fully saturated rings. The highest BCUT2D eigenvalue weighted by atomic mass is 15.2. The summed E-state index contributed by atoms with van der Waals surface area (Å²) in [6, 6.07) is 6.01. The Morgan fingerprint density at radius 1 is 1.05 bits per heavy atom. The van der Waals surface area contributed by atoms with Crippen molar-refractivity contribution in [1.29, 1.82) is 0 Å². The predicted molar refractivity (Wildman–Crippen MR) is 80.0 cm³/mol. The smallest absolute Gasteiger partial charge is 0.160 e. The third-order valence-corrected chi connectivity index (χ3v) is 3.75. The highest BCUT2D eigenvalue weighted by Gasteiger charge is 2.11. The summed E-state index contributed by atoms with van der Waals surface area (Å²) in [7, 11) is 1.98. The lowest BCUT2D eigenvalue weighted by atomic mass is 10.2. The van der Waals surface area contributed by atoms with Crippen LogP contribution < -0.4 is 0 Å². The van der Waals surface area contributed by atoms with Crippen LogP contribution in [0.3, 0.4) is 0 Å². The molecule has 21 heavy (non-hydrogen) atoms. The quantitative estimate of drug-likeness (QED) is 0.536. The molecule has 0 spiro atoms. The van der Waals surface area contributed by atoms with Crippen molar-refractivity contribution in [2.24, 2.45) is 7.05 Å². The number of hydrogen-bond acceptors (Lipinski definition) is 4. The lowest BCUT2D eigenvalue weighted by Crippen LogP contribution is -1.96. The highest BCUT2D eigenvalue weighted by molar-refractivity contribution is 5.82. The van der Waals surface area contributed by atoms with Gasteiger partial charge >= 0.3 is 0 Å². The van der Waals surface area contributed by atoms with E-state index in [9.17, 15) is 0 Å². The van der Waals surface area contributed by atoms with Gasteiger partial charge in [0.25, 0.3) is 0 Å². The van der Waals surface area contributed by atoms with E-state index in [2.05, 4.69) is 15.1 Å². The number of rotatable bonds is 1. The van der Waals surface area contributed by atoms with Crippen molar-refractivity contribution in [3.05, 3.63) is 42.2 Å². The fraction of sp³-hybridized carbons (Fsp3) is 0.200. The standard InChI is InChI=1S/C15H14N6/c1-9-16-8-14-11(6-7-21(14)19-9)12-4-5-13-15(18-12)20(3)10(2)17-13/h4-8H,1-3H3. The van der Waals surface area contributed by atoms with Crippen molar-refractivity contribution in [3.63, 3.8) is 0 Å². The molecule has 0 atom stereocenters. The van der Waals surface area contributed by atoms with Gasteiger partial charge in [-0.05, 0) is 32.0 Å². The fourth-order valence-electron chi connectivity index (χ4n) is 2.53. The molecule has 0 radical (unpaired) electrons. The summed E-state index contributed by atoms with van der Waals surface area (Å²) in [5, 5.41) is 4.37. The molecule has 0 aliphatic heterocycles. The Balaban J connectivity index is 1.97. The Morgan fingerprint density at radius 2 is 1.90 bits per heavy atom. The minimum atomic E-state index is 0.746. The Morgan fingerprint density at radius 3 is 2.76 bits per heavy atom. The number of aromatic nitrogens is 6. The van der Waals surface area contributed by atoms with E-state index >= 15 is 0 Å². The molecule has 0 bridgehead atoms. The summed E-state index contributed by atoms with van der Waals surface area (Å²) in [4.78, 5) is 13.5. The SMILES string of the molecule is Cc1ncc2c(-c3ccc4nc(C)n(C)c4n3)ccn2n1. The van der Waals surface area contributed by atoms with E-state index < -0.39 is 0 Å². The van der Waals surface area contributed by atoms with Crippen molar-refractivity contribution < 1.29 is 0 Å². The number of aryl methyl sites for hydroxylation is 3. The molecule has 4 rings (SSSR count). The van der Waals surface area contributed by atoms with Crippen LogP contribution in [-0.2, 0) is 7.05 Å². The lowest BCUT2D eigenvalue weighted by Gasteiger charge is -2.01. The first kappa shape index (κ1) is 12.0. The maximum absolute atomic E-state index is 4.74. The average molecular weight is 278 g/mol. The molecule has 0 amide bonds. The molecule has 4 aromatic heterocycles. The number of nitrogens with zero attached hydrogens (tertiary/aromatic N) is 6. The van der Waals surface area contributed by atoms with Gasteiger partial charge in [0, 0.05) is 18.8 Å². The molecular weight excluding hydrogens is 264 g/mol. The van der Waals surface area contributed by atoms with Crippen molar-refractivity contribution >= 4 is 16.7 Å². The van der Waals surface area contributed by atoms with E-state index in [-0.39, 0.29) is 0 Å². The van der Waals surface area contributed by atoms with E-state index in [0.29, 0.717) is 0 Å². The van der Waals surface area contributed by atoms with Gasteiger partial charge in [0.2, 0.25) is 0 Å². The second-order valence-corrected chi connectivity index (χ2v) is 5.12. The second kappa shape index (κ2) is 4.12. The van der Waals surface area contributed by atoms with Gasteiger partial charge in [0.1, 0.15) is 17.2 Å². The molecule has 0 saturated carbocycles. The largest absolute Gasteiger partial charge is 0.316 e. The third kappa shape index (κ3) is 1.72. The summed E-state index contributed by atoms with van der Waals surface area (Å²) in [6.07, 6.45) is 3.76. The summed E-state index contributed by atoms with van der Waals surface area (Å²) in [5.74, 6) is 1.70. The highest BCUT2D eigenvalue weighted by Crippen LogP contribution is 2.25. The number of fused-ring (bicyclic) bond motifs is 2. The molecule has 0 saturated heterocycles. The Bertz CT molecular complexity index is 979. The van der Waals surface area contributed by atoms with Crippen LogP contribution in [0, 0.1) is 13.8 Å². The minimum Gasteiger partial charge on any atom is -0.316 e. The zero-order valence-electron chi connectivity index (χ0n) is 12.1. The van der Waals surface area contributed by atoms with Crippen LogP contribution in [0.2, 0.25) is 0 Å². The van der Waals surface area contributed by atoms with Gasteiger partial charge in [-0.2, -0.15) is 5.10 Å². The van der Waals surface area contributed by atoms with Crippen LogP contribution in [0.25, 0.3) is 27.9 Å². The summed E-state index contributed by atoms with van der Waals surface area (Å²) in [5.41, 5.74) is 4.68. The number of imidazole rings is 1. The van der Waals surface area contributed by atoms with Gasteiger partial charge in [-0.1, -0.05) is 0 Å². The van der Waals surface area contributed by atoms with Crippen molar-refractivity contribution in [3.8, 4) is 11.3 Å². The first-order valence-electron chi connectivity index (χ1n) is 6.75. The van der Waals surface area contributed by atoms with E-state index in [1.807, 2.05) is 60.6 Å². The molecule has 6 heteroatoms. The minimum absolute atomic E-state index is 0.746.